The molecule has 0 amide bonds. The zero-order valence-electron chi connectivity index (χ0n) is 31.6. The highest BCUT2D eigenvalue weighted by Gasteiger charge is 2.64. The number of allylic oxidation sites excluding steroid dienone is 1. The maximum atomic E-state index is 14.2. The van der Waals surface area contributed by atoms with E-state index in [1.807, 2.05) is 37.4 Å². The van der Waals surface area contributed by atoms with Crippen molar-refractivity contribution in [3.05, 3.63) is 104 Å². The minimum atomic E-state index is -1.32. The number of epoxide rings is 1. The molecule has 6 atom stereocenters. The van der Waals surface area contributed by atoms with Crippen molar-refractivity contribution in [1.82, 2.24) is 9.97 Å². The number of carbonyl (C=O) groups is 1. The molecule has 9 heterocycles. The van der Waals surface area contributed by atoms with Gasteiger partial charge in [-0.3, -0.25) is 14.7 Å². The number of fused-ring (bicyclic) bond motifs is 7. The number of benzene rings is 1. The molecule has 3 aromatic heterocycles. The van der Waals surface area contributed by atoms with Gasteiger partial charge in [0.25, 0.3) is 0 Å². The molecule has 292 valence electrons. The minimum Gasteiger partial charge on any atom is -0.507 e. The second-order valence-corrected chi connectivity index (χ2v) is 18.7. The number of aliphatic imine (C=N–C) groups is 1. The van der Waals surface area contributed by atoms with Crippen molar-refractivity contribution in [1.29, 1.82) is 0 Å². The number of nitrogens with zero attached hydrogens (tertiary/aromatic N) is 3. The fraction of sp³-hybridized carbons (Fsp3) is 0.357. The first-order valence-corrected chi connectivity index (χ1v) is 21.4. The first kappa shape index (κ1) is 36.3. The highest BCUT2D eigenvalue weighted by molar-refractivity contribution is 8.76. The van der Waals surface area contributed by atoms with Crippen molar-refractivity contribution < 1.29 is 33.4 Å². The Kier molecular flexibility index (Phi) is 8.25. The van der Waals surface area contributed by atoms with Crippen LogP contribution in [0.2, 0.25) is 0 Å². The maximum absolute atomic E-state index is 14.2. The molecule has 6 N–H and O–H groups in total. The van der Waals surface area contributed by atoms with E-state index in [0.717, 1.165) is 34.6 Å². The number of ether oxygens (including phenoxy) is 3. The lowest BCUT2D eigenvalue weighted by molar-refractivity contribution is -0.852. The highest BCUT2D eigenvalue weighted by Crippen LogP contribution is 2.54. The predicted molar refractivity (Wildman–Crippen MR) is 219 cm³/mol. The van der Waals surface area contributed by atoms with E-state index in [4.69, 9.17) is 40.1 Å². The van der Waals surface area contributed by atoms with Crippen LogP contribution < -0.4 is 26.5 Å². The third kappa shape index (κ3) is 6.05. The van der Waals surface area contributed by atoms with E-state index < -0.39 is 28.9 Å². The van der Waals surface area contributed by atoms with Crippen LogP contribution in [0.4, 0.5) is 11.6 Å². The van der Waals surface area contributed by atoms with Gasteiger partial charge in [-0.2, -0.15) is 0 Å². The molecule has 15 heteroatoms. The fourth-order valence-electron chi connectivity index (χ4n) is 8.91. The number of aromatic nitrogens is 2. The second-order valence-electron chi connectivity index (χ2n) is 16.1. The number of aromatic hydroxyl groups is 1. The van der Waals surface area contributed by atoms with Gasteiger partial charge in [0.15, 0.2) is 22.2 Å². The molecule has 13 nitrogen and oxygen atoms in total. The lowest BCUT2D eigenvalue weighted by Gasteiger charge is -2.52. The summed E-state index contributed by atoms with van der Waals surface area (Å²) >= 11 is 0. The Balaban J connectivity index is 1.02. The minimum absolute atomic E-state index is 0.0574. The number of phenols is 1. The van der Waals surface area contributed by atoms with Gasteiger partial charge < -0.3 is 35.2 Å². The first-order valence-electron chi connectivity index (χ1n) is 19.0. The van der Waals surface area contributed by atoms with Crippen molar-refractivity contribution in [2.45, 2.75) is 86.9 Å². The lowest BCUT2D eigenvalue weighted by Crippen LogP contribution is -3.04. The third-order valence-electron chi connectivity index (χ3n) is 12.1. The molecule has 57 heavy (non-hydrogen) atoms. The van der Waals surface area contributed by atoms with Crippen LogP contribution in [0.3, 0.4) is 0 Å². The van der Waals surface area contributed by atoms with Gasteiger partial charge in [0, 0.05) is 64.5 Å². The van der Waals surface area contributed by atoms with Crippen molar-refractivity contribution in [3.8, 4) is 22.8 Å². The molecule has 6 aliphatic heterocycles. The number of hydrogen-bond donors (Lipinski definition) is 4. The van der Waals surface area contributed by atoms with E-state index in [2.05, 4.69) is 23.3 Å². The van der Waals surface area contributed by atoms with Crippen LogP contribution in [0.25, 0.3) is 22.2 Å². The van der Waals surface area contributed by atoms with Gasteiger partial charge in [0.05, 0.1) is 17.5 Å². The number of esters is 1. The molecule has 0 radical (unpaired) electrons. The van der Waals surface area contributed by atoms with Crippen molar-refractivity contribution in [2.75, 3.05) is 18.0 Å². The number of hydrogen-bond acceptors (Lipinski definition) is 14. The predicted octanol–water partition coefficient (Wildman–Crippen LogP) is 4.67. The standard InChI is InChI=1S/C42H40N6O7S2/c1-21-10-31(49)36-33(52-21)14-32-27(37(36)50)16-42-8-6-25(15-40(42,2)53-32)57-56-20-28-26(13-24(46-38(28)44)18-48-17-23-7-9-45-30(23)19-48)29-11-22(12-35(43)47-29)4-5-34-41(3,54-34)39(51)55-42/h6-14,19,25,34,50H,4-5,15-18,20H2,1-3H3,(H2,43,47)(H2,44,46)/p+1/t25-,34+,40-,41-,42+/m0/s1. The molecule has 1 aromatic carbocycles. The SMILES string of the molecule is Cc1cc(=O)c2c(O)c3c(cc2o1)O[C@@]1(C)C[C@@H]2C=C[C@]1(C3)OC(=O)[C@@]1(C)O[C@@H]1CCc1cc(N)nc(c1)-c1cc(C[NH+]3C=C4N=CC=C4C3)nc(N)c1CSS2. The normalized spacial score (nSPS) is 29.8. The van der Waals surface area contributed by atoms with E-state index in [1.165, 1.54) is 16.5 Å². The molecular weight excluding hydrogens is 765 g/mol. The molecule has 0 saturated carbocycles. The Morgan fingerprint density at radius 1 is 1.07 bits per heavy atom. The van der Waals surface area contributed by atoms with E-state index in [9.17, 15) is 14.7 Å². The number of anilines is 2. The van der Waals surface area contributed by atoms with E-state index in [0.29, 0.717) is 66.0 Å². The van der Waals surface area contributed by atoms with E-state index >= 15 is 0 Å². The van der Waals surface area contributed by atoms with E-state index in [1.54, 1.807) is 41.5 Å². The Labute approximate surface area is 335 Å². The zero-order valence-corrected chi connectivity index (χ0v) is 33.2. The van der Waals surface area contributed by atoms with E-state index in [-0.39, 0.29) is 33.8 Å². The second kappa shape index (κ2) is 13.0. The summed E-state index contributed by atoms with van der Waals surface area (Å²) in [5.41, 5.74) is 16.4. The van der Waals surface area contributed by atoms with Crippen LogP contribution in [-0.4, -0.2) is 62.0 Å². The maximum Gasteiger partial charge on any atom is 0.341 e. The smallest absolute Gasteiger partial charge is 0.341 e. The Morgan fingerprint density at radius 3 is 2.77 bits per heavy atom. The fourth-order valence-corrected chi connectivity index (χ4v) is 11.6. The topological polar surface area (TPSA) is 193 Å². The number of nitrogen functional groups attached to an aromatic ring is 2. The average molecular weight is 806 g/mol. The summed E-state index contributed by atoms with van der Waals surface area (Å²) in [5.74, 6) is 1.39. The average Bonchev–Trinajstić information content (AvgIpc) is 3.40. The number of aryl methyl sites for hydroxylation is 2. The van der Waals surface area contributed by atoms with Crippen LogP contribution in [0.1, 0.15) is 54.8 Å². The number of pyridine rings is 2. The number of nitrogens with two attached hydrogens (primary N) is 2. The third-order valence-corrected chi connectivity index (χ3v) is 14.7. The summed E-state index contributed by atoms with van der Waals surface area (Å²) in [6, 6.07) is 8.97. The van der Waals surface area contributed by atoms with Crippen molar-refractivity contribution in [3.63, 3.8) is 0 Å². The van der Waals surface area contributed by atoms with Gasteiger partial charge in [-0.25, -0.2) is 14.8 Å². The Hall–Kier alpha value is -5.09. The number of rotatable bonds is 2. The first-order chi connectivity index (χ1) is 27.3. The molecule has 4 aromatic rings. The lowest BCUT2D eigenvalue weighted by atomic mass is 9.70. The Bertz CT molecular complexity index is 2620. The largest absolute Gasteiger partial charge is 0.507 e. The molecule has 1 spiro atoms. The van der Waals surface area contributed by atoms with Gasteiger partial charge in [-0.1, -0.05) is 27.7 Å². The van der Waals surface area contributed by atoms with Crippen molar-refractivity contribution in [2.24, 2.45) is 4.99 Å². The number of nitrogens with one attached hydrogen (secondary N) is 1. The van der Waals surface area contributed by atoms with Crippen LogP contribution in [0.15, 0.2) is 80.2 Å². The molecular formula is C42H41N6O7S2+. The van der Waals surface area contributed by atoms with Gasteiger partial charge in [-0.15, -0.1) is 0 Å². The number of quaternary nitrogens is 1. The highest BCUT2D eigenvalue weighted by atomic mass is 33.1. The molecule has 11 rings (SSSR count). The van der Waals surface area contributed by atoms with Crippen LogP contribution in [0.5, 0.6) is 11.5 Å². The summed E-state index contributed by atoms with van der Waals surface area (Å²) in [5, 5.41) is 11.5. The van der Waals surface area contributed by atoms with Crippen LogP contribution in [0, 0.1) is 6.92 Å². The Morgan fingerprint density at radius 2 is 1.93 bits per heavy atom. The van der Waals surface area contributed by atoms with Gasteiger partial charge in [0.1, 0.15) is 64.9 Å². The number of carbonyl (C=O) groups excluding carboxylic acids is 1. The number of phenolic OH excluding ortho intramolecular Hbond substituents is 1. The quantitative estimate of drug-likeness (QED) is 0.0947. The summed E-state index contributed by atoms with van der Waals surface area (Å²) in [4.78, 5) is 42.7. The van der Waals surface area contributed by atoms with Gasteiger partial charge >= 0.3 is 5.97 Å². The molecule has 1 fully saturated rings. The summed E-state index contributed by atoms with van der Waals surface area (Å²) in [6.45, 7) is 6.82. The van der Waals surface area contributed by atoms with Crippen molar-refractivity contribution >= 4 is 56.4 Å². The summed E-state index contributed by atoms with van der Waals surface area (Å²) < 4.78 is 25.3. The van der Waals surface area contributed by atoms with Crippen LogP contribution in [-0.2, 0) is 39.4 Å². The molecule has 7 aliphatic rings. The molecule has 4 bridgehead atoms. The summed E-state index contributed by atoms with van der Waals surface area (Å²) in [7, 11) is 3.30. The molecule has 1 aliphatic carbocycles. The monoisotopic (exact) mass is 805 g/mol. The van der Waals surface area contributed by atoms with Gasteiger partial charge in [-0.05, 0) is 69.5 Å². The molecule has 1 unspecified atom stereocenters. The summed E-state index contributed by atoms with van der Waals surface area (Å²) in [6.07, 6.45) is 11.2. The zero-order chi connectivity index (χ0) is 39.4. The van der Waals surface area contributed by atoms with Gasteiger partial charge in [0.2, 0.25) is 0 Å². The molecule has 1 saturated heterocycles. The van der Waals surface area contributed by atoms with Crippen LogP contribution >= 0.6 is 21.6 Å².